The molecule has 11 aliphatic carbocycles. The van der Waals surface area contributed by atoms with Gasteiger partial charge in [-0.05, 0) is 246 Å². The number of nitrogens with zero attached hydrogens (tertiary/aromatic N) is 6. The monoisotopic (exact) mass is 1290 g/mol. The minimum atomic E-state index is -0.300. The predicted octanol–water partition coefficient (Wildman–Crippen LogP) is 14.1. The number of ether oxygens (including phenoxy) is 2. The van der Waals surface area contributed by atoms with Gasteiger partial charge in [-0.3, -0.25) is 33.3 Å². The zero-order chi connectivity index (χ0) is 65.0. The number of hydrogen-bond donors (Lipinski definition) is 3. The Morgan fingerprint density at radius 2 is 1.30 bits per heavy atom. The first-order valence-electron chi connectivity index (χ1n) is 37.1. The maximum Gasteiger partial charge on any atom is 0.311 e. The highest BCUT2D eigenvalue weighted by Gasteiger charge is 2.55. The number of esters is 2. The lowest BCUT2D eigenvalue weighted by atomic mass is 9.48. The summed E-state index contributed by atoms with van der Waals surface area (Å²) in [5.41, 5.74) is 10.7. The summed E-state index contributed by atoms with van der Waals surface area (Å²) in [4.78, 5) is 65.7. The summed E-state index contributed by atoms with van der Waals surface area (Å²) in [7, 11) is 0. The van der Waals surface area contributed by atoms with E-state index in [1.54, 1.807) is 12.1 Å². The van der Waals surface area contributed by atoms with Crippen molar-refractivity contribution < 1.29 is 37.8 Å². The lowest BCUT2D eigenvalue weighted by Crippen LogP contribution is -2.56. The van der Waals surface area contributed by atoms with Crippen molar-refractivity contribution in [3.05, 3.63) is 117 Å². The fourth-order valence-corrected chi connectivity index (χ4v) is 19.9. The standard InChI is InChI=1S/C29H43N3O3.C26H32FN3O3.C22H29N3O/c1-3-35-28(34)22-9-10-25-24(14-22)26(32(31-25)23-7-5-4-6-8-23)27(33)30-18(2)29-15-19-11-20(16-29)13-21(12-19)17-29;1-3-15-6-5-7-20-23(29-30(24(15)20)19-12-10-18(27)11-13-19)25(31)28-22-17-9-8-16(14-17)21(22)26(32)33-4-2;26-22(23-15-17-9-3-1-4-10-17)21-19-13-7-8-14-20(19)25(24-21)16-18-11-5-2-6-12-18/h18-23H,3-17H2,1-2H3,(H,30,33);10-13,15-17,21-22H,3-9,14H2,1-2H3,(H,28,31);2,5-6,11-12,17H,1,3-4,7-10,13-16H2,(H,23,26)/t;15?,16?,17?,21-,22+;/m.0./s1. The number of halogens is 1. The molecule has 3 heterocycles. The third-order valence-electron chi connectivity index (χ3n) is 24.2. The minimum absolute atomic E-state index is 0.0283. The third kappa shape index (κ3) is 14.0. The van der Waals surface area contributed by atoms with Crippen LogP contribution in [0, 0.1) is 58.6 Å². The van der Waals surface area contributed by atoms with Crippen LogP contribution >= 0.6 is 0 Å². The number of nitrogens with one attached hydrogen (secondary N) is 3. The normalized spacial score (nSPS) is 27.7. The smallest absolute Gasteiger partial charge is 0.311 e. The molecule has 7 atom stereocenters. The summed E-state index contributed by atoms with van der Waals surface area (Å²) in [5.74, 6) is 2.95. The number of amides is 3. The molecular weight excluding hydrogens is 1180 g/mol. The summed E-state index contributed by atoms with van der Waals surface area (Å²) in [5, 5.41) is 24.5. The van der Waals surface area contributed by atoms with Crippen molar-refractivity contribution >= 4 is 29.7 Å². The number of aromatic nitrogens is 6. The van der Waals surface area contributed by atoms with Gasteiger partial charge < -0.3 is 25.4 Å². The Hall–Kier alpha value is -6.65. The van der Waals surface area contributed by atoms with E-state index in [2.05, 4.69) is 63.4 Å². The van der Waals surface area contributed by atoms with Gasteiger partial charge in [-0.25, -0.2) is 9.07 Å². The van der Waals surface area contributed by atoms with Crippen molar-refractivity contribution in [2.24, 2.45) is 52.8 Å². The number of benzene rings is 2. The molecule has 5 aromatic rings. The van der Waals surface area contributed by atoms with E-state index in [4.69, 9.17) is 24.8 Å². The van der Waals surface area contributed by atoms with E-state index < -0.39 is 0 Å². The van der Waals surface area contributed by atoms with Crippen LogP contribution in [0.3, 0.4) is 0 Å². The summed E-state index contributed by atoms with van der Waals surface area (Å²) >= 11 is 0. The second kappa shape index (κ2) is 29.4. The third-order valence-corrected chi connectivity index (χ3v) is 24.2. The van der Waals surface area contributed by atoms with Crippen molar-refractivity contribution in [1.82, 2.24) is 45.3 Å². The highest BCUT2D eigenvalue weighted by atomic mass is 19.1. The average molecular weight is 1290 g/mol. The van der Waals surface area contributed by atoms with Gasteiger partial charge in [0, 0.05) is 46.9 Å². The van der Waals surface area contributed by atoms with Gasteiger partial charge in [-0.15, -0.1) is 0 Å². The number of carbonyl (C=O) groups is 5. The largest absolute Gasteiger partial charge is 0.466 e. The summed E-state index contributed by atoms with van der Waals surface area (Å²) in [6, 6.07) is 16.9. The molecule has 8 saturated carbocycles. The molecule has 11 aliphatic rings. The SMILES string of the molecule is CCOC(=O)C1CCc2nn(C3CCCCC3)c(C(=O)NC(C)C34CC5CC(CC(C5)C3)C4)c2C1.CCOC(=O)[C@H]1C2CCC(C2)[C@H]1NC(=O)c1nn(-c2ccc(F)cc2)c2c1CCCC2CC.O=C(NCC1CCCCC1)c1nn(Cc2ccccc2)c2c1CCCC2. The van der Waals surface area contributed by atoms with Crippen molar-refractivity contribution in [1.29, 1.82) is 0 Å². The zero-order valence-electron chi connectivity index (χ0n) is 56.6. The highest BCUT2D eigenvalue weighted by molar-refractivity contribution is 5.96. The number of aryl methyl sites for hydroxylation is 1. The number of hydrogen-bond acceptors (Lipinski definition) is 10. The summed E-state index contributed by atoms with van der Waals surface area (Å²) in [6.45, 7) is 10.4. The van der Waals surface area contributed by atoms with Crippen LogP contribution < -0.4 is 16.0 Å². The van der Waals surface area contributed by atoms with E-state index >= 15 is 0 Å². The molecule has 3 aromatic heterocycles. The molecule has 8 fully saturated rings. The van der Waals surface area contributed by atoms with Gasteiger partial charge in [0.25, 0.3) is 17.7 Å². The molecule has 3 amide bonds. The molecule has 6 bridgehead atoms. The van der Waals surface area contributed by atoms with Gasteiger partial charge in [0.15, 0.2) is 11.4 Å². The molecule has 2 aromatic carbocycles. The number of fused-ring (bicyclic) bond motifs is 5. The molecule has 0 radical (unpaired) electrons. The van der Waals surface area contributed by atoms with Gasteiger partial charge in [-0.2, -0.15) is 15.3 Å². The Balaban J connectivity index is 0.000000130. The van der Waals surface area contributed by atoms with Crippen LogP contribution in [0.5, 0.6) is 0 Å². The van der Waals surface area contributed by atoms with Crippen LogP contribution in [0.25, 0.3) is 5.69 Å². The molecule has 5 unspecified atom stereocenters. The quantitative estimate of drug-likeness (QED) is 0.0754. The van der Waals surface area contributed by atoms with Gasteiger partial charge in [0.1, 0.15) is 11.5 Å². The van der Waals surface area contributed by atoms with E-state index in [0.29, 0.717) is 54.8 Å². The highest BCUT2D eigenvalue weighted by Crippen LogP contribution is 2.61. The molecule has 16 nitrogen and oxygen atoms in total. The first-order chi connectivity index (χ1) is 45.8. The molecular formula is C77H104FN9O7. The Kier molecular flexibility index (Phi) is 20.6. The molecule has 16 rings (SSSR count). The van der Waals surface area contributed by atoms with E-state index in [9.17, 15) is 28.4 Å². The van der Waals surface area contributed by atoms with Gasteiger partial charge >= 0.3 is 11.9 Å². The maximum absolute atomic E-state index is 14.1. The average Bonchev–Trinajstić information content (AvgIpc) is 0.958. The predicted molar refractivity (Wildman–Crippen MR) is 359 cm³/mol. The Bertz CT molecular complexity index is 3450. The van der Waals surface area contributed by atoms with Gasteiger partial charge in [0.05, 0.1) is 54.7 Å². The first kappa shape index (κ1) is 66.0. The van der Waals surface area contributed by atoms with Crippen LogP contribution in [0.4, 0.5) is 4.39 Å². The lowest BCUT2D eigenvalue weighted by Gasteiger charge is -2.59. The number of carbonyl (C=O) groups excluding carboxylic acids is 5. The minimum Gasteiger partial charge on any atom is -0.466 e. The molecule has 3 N–H and O–H groups in total. The van der Waals surface area contributed by atoms with Crippen LogP contribution in [0.2, 0.25) is 0 Å². The Morgan fingerprint density at radius 3 is 2.00 bits per heavy atom. The van der Waals surface area contributed by atoms with Crippen LogP contribution in [-0.2, 0) is 57.7 Å². The number of rotatable bonds is 17. The van der Waals surface area contributed by atoms with E-state index in [1.165, 1.54) is 125 Å². The summed E-state index contributed by atoms with van der Waals surface area (Å²) in [6.07, 6.45) is 33.7. The van der Waals surface area contributed by atoms with Crippen LogP contribution in [0.1, 0.15) is 271 Å². The molecule has 0 spiro atoms. The lowest BCUT2D eigenvalue weighted by molar-refractivity contribution is -0.151. The van der Waals surface area contributed by atoms with E-state index in [0.717, 1.165) is 155 Å². The fourth-order valence-electron chi connectivity index (χ4n) is 19.9. The topological polar surface area (TPSA) is 193 Å². The fraction of sp³-hybridized carbons (Fsp3) is 0.662. The van der Waals surface area contributed by atoms with E-state index in [-0.39, 0.29) is 70.7 Å². The molecule has 0 saturated heterocycles. The van der Waals surface area contributed by atoms with Gasteiger partial charge in [0.2, 0.25) is 0 Å². The van der Waals surface area contributed by atoms with Gasteiger partial charge in [-0.1, -0.05) is 75.8 Å². The van der Waals surface area contributed by atoms with Crippen molar-refractivity contribution in [3.8, 4) is 5.69 Å². The molecule has 17 heteroatoms. The van der Waals surface area contributed by atoms with Crippen molar-refractivity contribution in [2.45, 2.75) is 251 Å². The molecule has 94 heavy (non-hydrogen) atoms. The second-order valence-corrected chi connectivity index (χ2v) is 30.2. The zero-order valence-corrected chi connectivity index (χ0v) is 56.6. The maximum atomic E-state index is 14.1. The Labute approximate surface area is 556 Å². The van der Waals surface area contributed by atoms with Crippen LogP contribution in [0.15, 0.2) is 54.6 Å². The van der Waals surface area contributed by atoms with Crippen LogP contribution in [-0.4, -0.2) is 90.8 Å². The van der Waals surface area contributed by atoms with Crippen molar-refractivity contribution in [2.75, 3.05) is 19.8 Å². The van der Waals surface area contributed by atoms with Crippen molar-refractivity contribution in [3.63, 3.8) is 0 Å². The molecule has 0 aliphatic heterocycles. The first-order valence-corrected chi connectivity index (χ1v) is 37.1. The molecule has 506 valence electrons. The van der Waals surface area contributed by atoms with E-state index in [1.807, 2.05) is 24.6 Å². The summed E-state index contributed by atoms with van der Waals surface area (Å²) < 4.78 is 30.2. The second-order valence-electron chi connectivity index (χ2n) is 30.2. The Morgan fingerprint density at radius 1 is 0.638 bits per heavy atom.